The maximum Gasteiger partial charge on any atom is 0.241 e. The molecule has 114 valence electrons. The molecule has 0 radical (unpaired) electrons. The Balaban J connectivity index is 2.14. The Hall–Kier alpha value is -0.350. The van der Waals surface area contributed by atoms with Gasteiger partial charge in [0.2, 0.25) is 5.91 Å². The zero-order chi connectivity index (χ0) is 15.2. The van der Waals surface area contributed by atoms with E-state index in [0.29, 0.717) is 5.92 Å². The first-order valence-corrected chi connectivity index (χ1v) is 9.43. The lowest BCUT2D eigenvalue weighted by Gasteiger charge is -2.48. The highest BCUT2D eigenvalue weighted by Crippen LogP contribution is 2.51. The average Bonchev–Trinajstić information content (AvgIpc) is 2.88. The first kappa shape index (κ1) is 15.5. The lowest BCUT2D eigenvalue weighted by Crippen LogP contribution is -2.55. The highest BCUT2D eigenvalue weighted by atomic mass is 79.9. The Labute approximate surface area is 143 Å². The van der Waals surface area contributed by atoms with E-state index in [1.54, 1.807) is 0 Å². The maximum absolute atomic E-state index is 12.9. The molecule has 4 heteroatoms. The molecule has 2 aliphatic rings. The van der Waals surface area contributed by atoms with Crippen LogP contribution in [-0.2, 0) is 4.79 Å². The van der Waals surface area contributed by atoms with E-state index in [1.165, 1.54) is 18.4 Å². The minimum Gasteiger partial charge on any atom is -0.305 e. The van der Waals surface area contributed by atoms with Crippen molar-refractivity contribution >= 4 is 43.5 Å². The topological polar surface area (TPSA) is 20.3 Å². The monoisotopic (exact) mass is 413 g/mol. The highest BCUT2D eigenvalue weighted by Gasteiger charge is 2.48. The van der Waals surface area contributed by atoms with Crippen molar-refractivity contribution in [3.8, 4) is 0 Å². The molecule has 1 aromatic carbocycles. The molecule has 1 aromatic rings. The third kappa shape index (κ3) is 2.59. The summed E-state index contributed by atoms with van der Waals surface area (Å²) in [5, 5.41) is 0. The van der Waals surface area contributed by atoms with Gasteiger partial charge in [-0.25, -0.2) is 0 Å². The number of alkyl halides is 1. The van der Waals surface area contributed by atoms with E-state index < -0.39 is 0 Å². The zero-order valence-electron chi connectivity index (χ0n) is 12.5. The van der Waals surface area contributed by atoms with Gasteiger partial charge in [0.25, 0.3) is 0 Å². The molecule has 1 spiro atoms. The van der Waals surface area contributed by atoms with Gasteiger partial charge in [0, 0.05) is 15.7 Å². The summed E-state index contributed by atoms with van der Waals surface area (Å²) in [6.45, 7) is 4.23. The molecule has 2 nitrogen and oxygen atoms in total. The van der Waals surface area contributed by atoms with Gasteiger partial charge in [-0.1, -0.05) is 51.6 Å². The van der Waals surface area contributed by atoms with Crippen LogP contribution in [0.3, 0.4) is 0 Å². The first-order valence-electron chi connectivity index (χ1n) is 7.72. The molecule has 21 heavy (non-hydrogen) atoms. The molecule has 1 fully saturated rings. The van der Waals surface area contributed by atoms with Crippen molar-refractivity contribution in [3.05, 3.63) is 28.2 Å². The summed E-state index contributed by atoms with van der Waals surface area (Å²) in [5.41, 5.74) is 2.46. The van der Waals surface area contributed by atoms with E-state index in [9.17, 15) is 4.79 Å². The first-order chi connectivity index (χ1) is 9.94. The van der Waals surface area contributed by atoms with E-state index in [1.807, 2.05) is 6.92 Å². The van der Waals surface area contributed by atoms with E-state index in [0.717, 1.165) is 29.4 Å². The largest absolute Gasteiger partial charge is 0.305 e. The molecule has 1 saturated carbocycles. The smallest absolute Gasteiger partial charge is 0.241 e. The predicted octanol–water partition coefficient (Wildman–Crippen LogP) is 5.39. The number of hydrogen-bond donors (Lipinski definition) is 0. The molecule has 2 unspecified atom stereocenters. The quantitative estimate of drug-likeness (QED) is 0.564. The Kier molecular flexibility index (Phi) is 4.21. The molecule has 1 amide bonds. The van der Waals surface area contributed by atoms with Gasteiger partial charge in [0.05, 0.1) is 4.83 Å². The van der Waals surface area contributed by atoms with Crippen molar-refractivity contribution in [1.82, 2.24) is 0 Å². The average molecular weight is 415 g/mol. The zero-order valence-corrected chi connectivity index (χ0v) is 15.7. The predicted molar refractivity (Wildman–Crippen MR) is 94.2 cm³/mol. The Morgan fingerprint density at radius 3 is 2.67 bits per heavy atom. The number of anilines is 1. The van der Waals surface area contributed by atoms with Gasteiger partial charge < -0.3 is 4.90 Å². The fourth-order valence-corrected chi connectivity index (χ4v) is 4.73. The van der Waals surface area contributed by atoms with Gasteiger partial charge in [-0.15, -0.1) is 0 Å². The number of amides is 1. The number of nitrogens with zero attached hydrogens (tertiary/aromatic N) is 1. The van der Waals surface area contributed by atoms with Crippen LogP contribution in [0.1, 0.15) is 57.4 Å². The van der Waals surface area contributed by atoms with Gasteiger partial charge in [-0.05, 0) is 55.9 Å². The summed E-state index contributed by atoms with van der Waals surface area (Å²) < 4.78 is 1.09. The second-order valence-electron chi connectivity index (χ2n) is 6.53. The molecule has 0 aromatic heterocycles. The normalized spacial score (nSPS) is 25.0. The van der Waals surface area contributed by atoms with Crippen molar-refractivity contribution in [1.29, 1.82) is 0 Å². The number of fused-ring (bicyclic) bond motifs is 1. The third-order valence-electron chi connectivity index (χ3n) is 5.02. The van der Waals surface area contributed by atoms with Crippen LogP contribution in [0.4, 0.5) is 5.69 Å². The molecule has 1 heterocycles. The van der Waals surface area contributed by atoms with Crippen LogP contribution in [0.5, 0.6) is 0 Å². The minimum absolute atomic E-state index is 0.0410. The van der Waals surface area contributed by atoms with Crippen molar-refractivity contribution < 1.29 is 4.79 Å². The van der Waals surface area contributed by atoms with Gasteiger partial charge in [0.1, 0.15) is 0 Å². The molecule has 1 aliphatic carbocycles. The van der Waals surface area contributed by atoms with Crippen molar-refractivity contribution in [2.45, 2.75) is 62.2 Å². The summed E-state index contributed by atoms with van der Waals surface area (Å²) in [5.74, 6) is 0.706. The minimum atomic E-state index is -0.139. The van der Waals surface area contributed by atoms with Gasteiger partial charge in [0.15, 0.2) is 0 Å². The van der Waals surface area contributed by atoms with Crippen LogP contribution in [0.2, 0.25) is 0 Å². The van der Waals surface area contributed by atoms with E-state index in [4.69, 9.17) is 0 Å². The Morgan fingerprint density at radius 2 is 2.05 bits per heavy atom. The number of benzene rings is 1. The molecule has 1 aliphatic heterocycles. The van der Waals surface area contributed by atoms with Crippen LogP contribution < -0.4 is 4.90 Å². The number of rotatable bonds is 1. The van der Waals surface area contributed by atoms with Crippen LogP contribution in [0.25, 0.3) is 0 Å². The summed E-state index contributed by atoms with van der Waals surface area (Å²) >= 11 is 7.05. The van der Waals surface area contributed by atoms with Crippen LogP contribution in [0, 0.1) is 0 Å². The second-order valence-corrected chi connectivity index (χ2v) is 8.82. The Bertz CT molecular complexity index is 564. The van der Waals surface area contributed by atoms with E-state index in [-0.39, 0.29) is 16.3 Å². The molecule has 0 saturated heterocycles. The molecule has 2 atom stereocenters. The highest BCUT2D eigenvalue weighted by molar-refractivity contribution is 9.10. The molecular weight excluding hydrogens is 394 g/mol. The van der Waals surface area contributed by atoms with Crippen molar-refractivity contribution in [3.63, 3.8) is 0 Å². The number of halogens is 2. The molecule has 0 N–H and O–H groups in total. The number of hydrogen-bond acceptors (Lipinski definition) is 1. The van der Waals surface area contributed by atoms with E-state index in [2.05, 4.69) is 61.9 Å². The van der Waals surface area contributed by atoms with Gasteiger partial charge in [-0.3, -0.25) is 4.79 Å². The lowest BCUT2D eigenvalue weighted by molar-refractivity contribution is -0.119. The fraction of sp³-hybridized carbons (Fsp3) is 0.588. The standard InChI is InChI=1S/C17H21Br2NO/c1-11-10-17(7-3-4-8-17)20(16(21)12(2)18)15-6-5-13(19)9-14(11)15/h5-6,9,11-12H,3-4,7-8,10H2,1-2H3. The molecular formula is C17H21Br2NO. The SMILES string of the molecule is CC(Br)C(=O)N1c2ccc(Br)cc2C(C)CC12CCCC2. The van der Waals surface area contributed by atoms with E-state index >= 15 is 0 Å². The number of carbonyl (C=O) groups excluding carboxylic acids is 1. The lowest BCUT2D eigenvalue weighted by atomic mass is 9.76. The van der Waals surface area contributed by atoms with Crippen LogP contribution >= 0.6 is 31.9 Å². The number of carbonyl (C=O) groups is 1. The van der Waals surface area contributed by atoms with Crippen LogP contribution in [-0.4, -0.2) is 16.3 Å². The Morgan fingerprint density at radius 1 is 1.38 bits per heavy atom. The third-order valence-corrected chi connectivity index (χ3v) is 5.90. The summed E-state index contributed by atoms with van der Waals surface area (Å²) in [6.07, 6.45) is 5.83. The fourth-order valence-electron chi connectivity index (χ4n) is 4.14. The van der Waals surface area contributed by atoms with Crippen molar-refractivity contribution in [2.24, 2.45) is 0 Å². The second kappa shape index (κ2) is 5.69. The summed E-state index contributed by atoms with van der Waals surface area (Å²) in [6, 6.07) is 6.35. The summed E-state index contributed by atoms with van der Waals surface area (Å²) in [7, 11) is 0. The summed E-state index contributed by atoms with van der Waals surface area (Å²) in [4.78, 5) is 14.9. The maximum atomic E-state index is 12.9. The van der Waals surface area contributed by atoms with Gasteiger partial charge in [-0.2, -0.15) is 0 Å². The van der Waals surface area contributed by atoms with Crippen LogP contribution in [0.15, 0.2) is 22.7 Å². The molecule has 3 rings (SSSR count). The molecule has 0 bridgehead atoms. The van der Waals surface area contributed by atoms with Gasteiger partial charge >= 0.3 is 0 Å². The van der Waals surface area contributed by atoms with Crippen molar-refractivity contribution in [2.75, 3.05) is 4.90 Å².